The van der Waals surface area contributed by atoms with Crippen LogP contribution in [0.15, 0.2) is 0 Å². The van der Waals surface area contributed by atoms with E-state index in [-0.39, 0.29) is 17.4 Å². The summed E-state index contributed by atoms with van der Waals surface area (Å²) in [4.78, 5) is 11.7. The molecule has 14 heavy (non-hydrogen) atoms. The smallest absolute Gasteiger partial charge is 0.325 e. The molecular weight excluding hydrogens is 180 g/mol. The van der Waals surface area contributed by atoms with Crippen LogP contribution in [0.25, 0.3) is 0 Å². The van der Waals surface area contributed by atoms with E-state index < -0.39 is 0 Å². The third kappa shape index (κ3) is 1.53. The first-order valence-corrected chi connectivity index (χ1v) is 5.43. The molecule has 1 saturated heterocycles. The largest absolute Gasteiger partial charge is 0.465 e. The maximum Gasteiger partial charge on any atom is 0.325 e. The SMILES string of the molecule is CCOC(=O)C1NNCCC12CCC2. The first-order valence-electron chi connectivity index (χ1n) is 5.43. The van der Waals surface area contributed by atoms with Crippen molar-refractivity contribution >= 4 is 5.97 Å². The number of esters is 1. The number of hydrogen-bond acceptors (Lipinski definition) is 4. The molecule has 80 valence electrons. The third-order valence-corrected chi connectivity index (χ3v) is 3.48. The Balaban J connectivity index is 2.03. The lowest BCUT2D eigenvalue weighted by Gasteiger charge is -2.49. The maximum atomic E-state index is 11.7. The Labute approximate surface area is 84.4 Å². The first-order chi connectivity index (χ1) is 6.78. The molecule has 2 fully saturated rings. The van der Waals surface area contributed by atoms with Gasteiger partial charge in [-0.05, 0) is 31.6 Å². The van der Waals surface area contributed by atoms with Crippen LogP contribution >= 0.6 is 0 Å². The molecule has 0 radical (unpaired) electrons. The summed E-state index contributed by atoms with van der Waals surface area (Å²) < 4.78 is 5.07. The fraction of sp³-hybridized carbons (Fsp3) is 0.900. The van der Waals surface area contributed by atoms with E-state index in [0.717, 1.165) is 25.8 Å². The van der Waals surface area contributed by atoms with E-state index in [2.05, 4.69) is 10.9 Å². The van der Waals surface area contributed by atoms with Gasteiger partial charge in [0.05, 0.1) is 6.61 Å². The molecule has 0 aromatic rings. The second-order valence-corrected chi connectivity index (χ2v) is 4.22. The average molecular weight is 198 g/mol. The molecule has 2 aliphatic rings. The van der Waals surface area contributed by atoms with Crippen molar-refractivity contribution in [3.05, 3.63) is 0 Å². The van der Waals surface area contributed by atoms with E-state index in [9.17, 15) is 4.79 Å². The molecular formula is C10H18N2O2. The molecule has 4 heteroatoms. The molecule has 0 amide bonds. The normalized spacial score (nSPS) is 29.6. The number of ether oxygens (including phenoxy) is 1. The lowest BCUT2D eigenvalue weighted by atomic mass is 9.61. The minimum absolute atomic E-state index is 0.0978. The van der Waals surface area contributed by atoms with Gasteiger partial charge in [0.2, 0.25) is 0 Å². The van der Waals surface area contributed by atoms with Crippen LogP contribution in [0.3, 0.4) is 0 Å². The molecule has 1 aliphatic carbocycles. The third-order valence-electron chi connectivity index (χ3n) is 3.48. The van der Waals surface area contributed by atoms with E-state index in [1.54, 1.807) is 0 Å². The lowest BCUT2D eigenvalue weighted by molar-refractivity contribution is -0.154. The molecule has 0 bridgehead atoms. The van der Waals surface area contributed by atoms with Gasteiger partial charge in [0.15, 0.2) is 0 Å². The highest BCUT2D eigenvalue weighted by atomic mass is 16.5. The molecule has 1 unspecified atom stereocenters. The van der Waals surface area contributed by atoms with Crippen LogP contribution in [-0.2, 0) is 9.53 Å². The van der Waals surface area contributed by atoms with Crippen LogP contribution in [-0.4, -0.2) is 25.2 Å². The van der Waals surface area contributed by atoms with Gasteiger partial charge in [0.1, 0.15) is 6.04 Å². The van der Waals surface area contributed by atoms with E-state index in [0.29, 0.717) is 6.61 Å². The molecule has 1 atom stereocenters. The maximum absolute atomic E-state index is 11.7. The molecule has 1 spiro atoms. The zero-order valence-corrected chi connectivity index (χ0v) is 8.64. The van der Waals surface area contributed by atoms with Gasteiger partial charge in [-0.3, -0.25) is 10.2 Å². The van der Waals surface area contributed by atoms with Crippen LogP contribution in [0.2, 0.25) is 0 Å². The summed E-state index contributed by atoms with van der Waals surface area (Å²) in [6.07, 6.45) is 4.65. The fourth-order valence-electron chi connectivity index (χ4n) is 2.49. The quantitative estimate of drug-likeness (QED) is 0.637. The summed E-state index contributed by atoms with van der Waals surface area (Å²) in [6, 6.07) is -0.134. The van der Waals surface area contributed by atoms with Crippen molar-refractivity contribution in [1.82, 2.24) is 10.9 Å². The van der Waals surface area contributed by atoms with Gasteiger partial charge < -0.3 is 4.74 Å². The Bertz CT molecular complexity index is 226. The Hall–Kier alpha value is -0.610. The fourth-order valence-corrected chi connectivity index (χ4v) is 2.49. The molecule has 4 nitrogen and oxygen atoms in total. The van der Waals surface area contributed by atoms with Crippen LogP contribution in [0, 0.1) is 5.41 Å². The second kappa shape index (κ2) is 3.87. The van der Waals surface area contributed by atoms with Gasteiger partial charge in [-0.15, -0.1) is 0 Å². The number of nitrogens with one attached hydrogen (secondary N) is 2. The molecule has 1 heterocycles. The predicted molar refractivity (Wildman–Crippen MR) is 52.5 cm³/mol. The van der Waals surface area contributed by atoms with Crippen LogP contribution in [0.5, 0.6) is 0 Å². The molecule has 1 aliphatic heterocycles. The minimum atomic E-state index is -0.134. The highest BCUT2D eigenvalue weighted by Crippen LogP contribution is 2.47. The van der Waals surface area contributed by atoms with E-state index in [1.165, 1.54) is 6.42 Å². The van der Waals surface area contributed by atoms with Crippen molar-refractivity contribution in [2.45, 2.75) is 38.6 Å². The molecule has 2 rings (SSSR count). The van der Waals surface area contributed by atoms with E-state index in [4.69, 9.17) is 4.74 Å². The molecule has 0 aromatic carbocycles. The van der Waals surface area contributed by atoms with E-state index in [1.807, 2.05) is 6.92 Å². The van der Waals surface area contributed by atoms with Crippen molar-refractivity contribution in [2.24, 2.45) is 5.41 Å². The monoisotopic (exact) mass is 198 g/mol. The Morgan fingerprint density at radius 1 is 1.50 bits per heavy atom. The molecule has 2 N–H and O–H groups in total. The van der Waals surface area contributed by atoms with Gasteiger partial charge in [0, 0.05) is 6.54 Å². The topological polar surface area (TPSA) is 50.4 Å². The standard InChI is InChI=1S/C10H18N2O2/c1-2-14-9(13)8-10(4-3-5-10)6-7-11-12-8/h8,11-12H,2-7H2,1H3. The zero-order chi connectivity index (χ0) is 10.0. The Morgan fingerprint density at radius 2 is 2.29 bits per heavy atom. The van der Waals surface area contributed by atoms with Crippen LogP contribution in [0.4, 0.5) is 0 Å². The summed E-state index contributed by atoms with van der Waals surface area (Å²) in [7, 11) is 0. The summed E-state index contributed by atoms with van der Waals surface area (Å²) in [5, 5.41) is 0. The molecule has 0 aromatic heterocycles. The van der Waals surface area contributed by atoms with Gasteiger partial charge in [-0.2, -0.15) is 0 Å². The van der Waals surface area contributed by atoms with Gasteiger partial charge in [-0.1, -0.05) is 6.42 Å². The summed E-state index contributed by atoms with van der Waals surface area (Å²) in [6.45, 7) is 3.27. The number of carbonyl (C=O) groups is 1. The number of hydrazine groups is 1. The van der Waals surface area contributed by atoms with Crippen molar-refractivity contribution in [3.8, 4) is 0 Å². The van der Waals surface area contributed by atoms with Gasteiger partial charge >= 0.3 is 5.97 Å². The highest BCUT2D eigenvalue weighted by molar-refractivity contribution is 5.77. The second-order valence-electron chi connectivity index (χ2n) is 4.22. The van der Waals surface area contributed by atoms with Crippen LogP contribution in [0.1, 0.15) is 32.6 Å². The zero-order valence-electron chi connectivity index (χ0n) is 8.64. The lowest BCUT2D eigenvalue weighted by Crippen LogP contribution is -2.63. The number of rotatable bonds is 2. The Morgan fingerprint density at radius 3 is 2.86 bits per heavy atom. The first kappa shape index (κ1) is 9.93. The van der Waals surface area contributed by atoms with Crippen LogP contribution < -0.4 is 10.9 Å². The van der Waals surface area contributed by atoms with Crippen molar-refractivity contribution < 1.29 is 9.53 Å². The van der Waals surface area contributed by atoms with Crippen molar-refractivity contribution in [3.63, 3.8) is 0 Å². The minimum Gasteiger partial charge on any atom is -0.465 e. The van der Waals surface area contributed by atoms with Gasteiger partial charge in [0.25, 0.3) is 0 Å². The Kier molecular flexibility index (Phi) is 2.74. The van der Waals surface area contributed by atoms with Crippen molar-refractivity contribution in [1.29, 1.82) is 0 Å². The molecule has 1 saturated carbocycles. The number of hydrogen-bond donors (Lipinski definition) is 2. The van der Waals surface area contributed by atoms with Crippen molar-refractivity contribution in [2.75, 3.05) is 13.2 Å². The average Bonchev–Trinajstić information content (AvgIpc) is 2.16. The summed E-state index contributed by atoms with van der Waals surface area (Å²) >= 11 is 0. The summed E-state index contributed by atoms with van der Waals surface area (Å²) in [5.74, 6) is -0.0978. The predicted octanol–water partition coefficient (Wildman–Crippen LogP) is 0.586. The summed E-state index contributed by atoms with van der Waals surface area (Å²) in [5.41, 5.74) is 6.31. The number of carbonyl (C=O) groups excluding carboxylic acids is 1. The van der Waals surface area contributed by atoms with E-state index >= 15 is 0 Å². The highest BCUT2D eigenvalue weighted by Gasteiger charge is 2.49. The van der Waals surface area contributed by atoms with Gasteiger partial charge in [-0.25, -0.2) is 5.43 Å².